The number of piperidine rings is 1. The molecule has 1 aromatic heterocycles. The normalized spacial score (nSPS) is 21.2. The van der Waals surface area contributed by atoms with Crippen molar-refractivity contribution in [1.82, 2.24) is 9.62 Å². The average Bonchev–Trinajstić information content (AvgIpc) is 3.53. The SMILES string of the molecule is CS(=O)(=O)c1cccc(OC[C@@H](O)CNC2COC3(CCN(S(=O)(=O)c4ccc5occc5c4)CC3)C2)c1. The number of ether oxygens (including phenoxy) is 2. The van der Waals surface area contributed by atoms with Crippen LogP contribution in [-0.2, 0) is 24.6 Å². The summed E-state index contributed by atoms with van der Waals surface area (Å²) in [5.74, 6) is 0.376. The van der Waals surface area contributed by atoms with Gasteiger partial charge in [-0.2, -0.15) is 4.31 Å². The summed E-state index contributed by atoms with van der Waals surface area (Å²) in [7, 11) is -6.95. The first-order chi connectivity index (χ1) is 18.0. The monoisotopic (exact) mass is 564 g/mol. The minimum atomic E-state index is -3.61. The number of benzene rings is 2. The summed E-state index contributed by atoms with van der Waals surface area (Å²) in [5.41, 5.74) is 0.267. The molecule has 0 bridgehead atoms. The molecule has 3 heterocycles. The second-order valence-corrected chi connectivity index (χ2v) is 14.0. The summed E-state index contributed by atoms with van der Waals surface area (Å²) in [6.45, 7) is 1.53. The number of nitrogens with zero attached hydrogens (tertiary/aromatic N) is 1. The highest BCUT2D eigenvalue weighted by atomic mass is 32.2. The molecule has 206 valence electrons. The summed E-state index contributed by atoms with van der Waals surface area (Å²) in [4.78, 5) is 0.419. The predicted molar refractivity (Wildman–Crippen MR) is 140 cm³/mol. The fourth-order valence-corrected chi connectivity index (χ4v) is 7.19. The lowest BCUT2D eigenvalue weighted by molar-refractivity contribution is -0.0312. The molecule has 0 radical (unpaired) electrons. The molecule has 5 rings (SSSR count). The van der Waals surface area contributed by atoms with Crippen LogP contribution < -0.4 is 10.1 Å². The Labute approximate surface area is 222 Å². The first kappa shape index (κ1) is 27.1. The summed E-state index contributed by atoms with van der Waals surface area (Å²) >= 11 is 0. The highest BCUT2D eigenvalue weighted by molar-refractivity contribution is 7.90. The van der Waals surface area contributed by atoms with E-state index in [-0.39, 0.29) is 34.6 Å². The zero-order chi connectivity index (χ0) is 27.0. The first-order valence-corrected chi connectivity index (χ1v) is 15.8. The fraction of sp³-hybridized carbons (Fsp3) is 0.462. The maximum absolute atomic E-state index is 13.2. The largest absolute Gasteiger partial charge is 0.491 e. The molecule has 12 heteroatoms. The zero-order valence-corrected chi connectivity index (χ0v) is 22.7. The molecular formula is C26H32N2O8S2. The van der Waals surface area contributed by atoms with Crippen LogP contribution in [0.15, 0.2) is 69.0 Å². The number of hydrogen-bond donors (Lipinski definition) is 2. The number of fused-ring (bicyclic) bond motifs is 1. The van der Waals surface area contributed by atoms with E-state index < -0.39 is 26.0 Å². The smallest absolute Gasteiger partial charge is 0.243 e. The number of aliphatic hydroxyl groups excluding tert-OH is 1. The third-order valence-electron chi connectivity index (χ3n) is 7.22. The Bertz CT molecular complexity index is 1490. The number of furan rings is 1. The molecule has 0 aliphatic carbocycles. The maximum atomic E-state index is 13.2. The molecule has 38 heavy (non-hydrogen) atoms. The standard InChI is InChI=1S/C26H32N2O8S2/c1-37(30,31)23-4-2-3-22(14-23)35-18-21(29)16-27-20-15-26(36-17-20)8-10-28(11-9-26)38(32,33)24-5-6-25-19(13-24)7-12-34-25/h2-7,12-14,20-21,27,29H,8-11,15-18H2,1H3/t20?,21-/m0/s1. The number of hydrogen-bond acceptors (Lipinski definition) is 9. The molecular weight excluding hydrogens is 532 g/mol. The Morgan fingerprint density at radius 1 is 1.11 bits per heavy atom. The second kappa shape index (κ2) is 10.6. The summed E-state index contributed by atoms with van der Waals surface area (Å²) in [6, 6.07) is 12.9. The van der Waals surface area contributed by atoms with Crippen molar-refractivity contribution in [1.29, 1.82) is 0 Å². The van der Waals surface area contributed by atoms with Gasteiger partial charge < -0.3 is 24.3 Å². The number of rotatable bonds is 9. The Kier molecular flexibility index (Phi) is 7.55. The van der Waals surface area contributed by atoms with E-state index in [1.165, 1.54) is 16.4 Å². The van der Waals surface area contributed by atoms with Crippen molar-refractivity contribution in [3.05, 3.63) is 54.8 Å². The van der Waals surface area contributed by atoms with E-state index >= 15 is 0 Å². The number of aliphatic hydroxyl groups is 1. The molecule has 2 N–H and O–H groups in total. The molecule has 3 aromatic rings. The van der Waals surface area contributed by atoms with E-state index in [1.807, 2.05) is 0 Å². The lowest BCUT2D eigenvalue weighted by Crippen LogP contribution is -2.47. The Morgan fingerprint density at radius 2 is 1.89 bits per heavy atom. The third-order valence-corrected chi connectivity index (χ3v) is 10.2. The lowest BCUT2D eigenvalue weighted by Gasteiger charge is -2.38. The minimum absolute atomic E-state index is 0.0103. The molecule has 2 aromatic carbocycles. The second-order valence-electron chi connectivity index (χ2n) is 10.0. The Balaban J connectivity index is 1.09. The molecule has 2 atom stereocenters. The van der Waals surface area contributed by atoms with Gasteiger partial charge in [-0.05, 0) is 61.7 Å². The van der Waals surface area contributed by atoms with Crippen molar-refractivity contribution in [2.45, 2.75) is 46.8 Å². The Hall–Kier alpha value is -2.48. The molecule has 1 spiro atoms. The Morgan fingerprint density at radius 3 is 2.66 bits per heavy atom. The van der Waals surface area contributed by atoms with Gasteiger partial charge in [0.2, 0.25) is 10.0 Å². The quantitative estimate of drug-likeness (QED) is 0.401. The molecule has 10 nitrogen and oxygen atoms in total. The molecule has 2 fully saturated rings. The fourth-order valence-electron chi connectivity index (χ4n) is 5.06. The first-order valence-electron chi connectivity index (χ1n) is 12.5. The van der Waals surface area contributed by atoms with Gasteiger partial charge in [-0.3, -0.25) is 0 Å². The van der Waals surface area contributed by atoms with Crippen LogP contribution in [0.25, 0.3) is 11.0 Å². The summed E-state index contributed by atoms with van der Waals surface area (Å²) < 4.78 is 68.4. The molecule has 2 saturated heterocycles. The van der Waals surface area contributed by atoms with Gasteiger partial charge in [0.1, 0.15) is 24.0 Å². The zero-order valence-electron chi connectivity index (χ0n) is 21.1. The van der Waals surface area contributed by atoms with Crippen molar-refractivity contribution in [2.75, 3.05) is 39.1 Å². The van der Waals surface area contributed by atoms with Crippen molar-refractivity contribution in [3.8, 4) is 5.75 Å². The van der Waals surface area contributed by atoms with E-state index in [1.54, 1.807) is 42.7 Å². The van der Waals surface area contributed by atoms with Gasteiger partial charge in [0.25, 0.3) is 0 Å². The minimum Gasteiger partial charge on any atom is -0.491 e. The van der Waals surface area contributed by atoms with Crippen LogP contribution in [0.5, 0.6) is 5.75 Å². The van der Waals surface area contributed by atoms with Crippen LogP contribution in [-0.4, -0.2) is 83.1 Å². The van der Waals surface area contributed by atoms with Crippen LogP contribution >= 0.6 is 0 Å². The van der Waals surface area contributed by atoms with E-state index in [9.17, 15) is 21.9 Å². The van der Waals surface area contributed by atoms with E-state index in [2.05, 4.69) is 5.32 Å². The summed E-state index contributed by atoms with van der Waals surface area (Å²) in [5, 5.41) is 14.4. The van der Waals surface area contributed by atoms with Crippen molar-refractivity contribution in [2.24, 2.45) is 0 Å². The average molecular weight is 565 g/mol. The van der Waals surface area contributed by atoms with Gasteiger partial charge >= 0.3 is 0 Å². The highest BCUT2D eigenvalue weighted by Crippen LogP contribution is 2.37. The van der Waals surface area contributed by atoms with Gasteiger partial charge in [-0.1, -0.05) is 6.07 Å². The lowest BCUT2D eigenvalue weighted by atomic mass is 9.88. The van der Waals surface area contributed by atoms with E-state index in [0.29, 0.717) is 43.9 Å². The molecule has 1 unspecified atom stereocenters. The topological polar surface area (TPSA) is 135 Å². The van der Waals surface area contributed by atoms with Gasteiger partial charge in [0, 0.05) is 37.3 Å². The van der Waals surface area contributed by atoms with Crippen molar-refractivity contribution >= 4 is 30.8 Å². The molecule has 0 amide bonds. The number of sulfonamides is 1. The van der Waals surface area contributed by atoms with Crippen LogP contribution in [0, 0.1) is 0 Å². The number of nitrogens with one attached hydrogen (secondary N) is 1. The van der Waals surface area contributed by atoms with Crippen LogP contribution in [0.2, 0.25) is 0 Å². The number of sulfone groups is 1. The summed E-state index contributed by atoms with van der Waals surface area (Å²) in [6.07, 6.45) is 3.80. The van der Waals surface area contributed by atoms with E-state index in [0.717, 1.165) is 18.1 Å². The molecule has 2 aliphatic rings. The van der Waals surface area contributed by atoms with Gasteiger partial charge in [0.05, 0.1) is 28.3 Å². The molecule has 2 aliphatic heterocycles. The predicted octanol–water partition coefficient (Wildman–Crippen LogP) is 2.18. The molecule has 0 saturated carbocycles. The van der Waals surface area contributed by atoms with Gasteiger partial charge in [-0.25, -0.2) is 16.8 Å². The third kappa shape index (κ3) is 5.90. The van der Waals surface area contributed by atoms with Crippen molar-refractivity contribution in [3.63, 3.8) is 0 Å². The van der Waals surface area contributed by atoms with Crippen LogP contribution in [0.4, 0.5) is 0 Å². The van der Waals surface area contributed by atoms with Crippen LogP contribution in [0.1, 0.15) is 19.3 Å². The van der Waals surface area contributed by atoms with Gasteiger partial charge in [0.15, 0.2) is 9.84 Å². The van der Waals surface area contributed by atoms with Gasteiger partial charge in [-0.15, -0.1) is 0 Å². The maximum Gasteiger partial charge on any atom is 0.243 e. The highest BCUT2D eigenvalue weighted by Gasteiger charge is 2.44. The van der Waals surface area contributed by atoms with E-state index in [4.69, 9.17) is 13.9 Å². The van der Waals surface area contributed by atoms with Crippen LogP contribution in [0.3, 0.4) is 0 Å². The van der Waals surface area contributed by atoms with Crippen molar-refractivity contribution < 1.29 is 35.8 Å².